The van der Waals surface area contributed by atoms with Gasteiger partial charge in [-0.25, -0.2) is 0 Å². The summed E-state index contributed by atoms with van der Waals surface area (Å²) in [6.45, 7) is 6.00. The van der Waals surface area contributed by atoms with E-state index in [9.17, 15) is 4.79 Å². The highest BCUT2D eigenvalue weighted by Gasteiger charge is 2.18. The number of carbonyl (C=O) groups is 1. The van der Waals surface area contributed by atoms with Crippen LogP contribution in [0, 0.1) is 0 Å². The van der Waals surface area contributed by atoms with Gasteiger partial charge in [0.2, 0.25) is 5.91 Å². The van der Waals surface area contributed by atoms with Gasteiger partial charge >= 0.3 is 0 Å². The molecule has 1 rings (SSSR count). The highest BCUT2D eigenvalue weighted by atomic mass is 16.2. The number of hydrogen-bond acceptors (Lipinski definition) is 2. The molecule has 1 fully saturated rings. The van der Waals surface area contributed by atoms with Gasteiger partial charge in [0.25, 0.3) is 0 Å². The molecule has 0 spiro atoms. The third kappa shape index (κ3) is 2.81. The zero-order valence-corrected chi connectivity index (χ0v) is 7.81. The van der Waals surface area contributed by atoms with Crippen molar-refractivity contribution in [1.82, 2.24) is 10.2 Å². The van der Waals surface area contributed by atoms with Crippen LogP contribution in [0.5, 0.6) is 0 Å². The van der Waals surface area contributed by atoms with Gasteiger partial charge in [0, 0.05) is 26.1 Å². The average molecular weight is 170 g/mol. The quantitative estimate of drug-likeness (QED) is 0.613. The maximum absolute atomic E-state index is 11.1. The van der Waals surface area contributed by atoms with Crippen molar-refractivity contribution in [2.75, 3.05) is 26.2 Å². The van der Waals surface area contributed by atoms with E-state index < -0.39 is 0 Å². The molecule has 1 heterocycles. The molecule has 0 saturated carbocycles. The molecule has 70 valence electrons. The van der Waals surface area contributed by atoms with Gasteiger partial charge in [-0.05, 0) is 19.4 Å². The molecule has 1 aliphatic rings. The van der Waals surface area contributed by atoms with Gasteiger partial charge < -0.3 is 10.2 Å². The Morgan fingerprint density at radius 2 is 2.33 bits per heavy atom. The van der Waals surface area contributed by atoms with Crippen molar-refractivity contribution in [1.29, 1.82) is 0 Å². The van der Waals surface area contributed by atoms with Crippen LogP contribution >= 0.6 is 0 Å². The van der Waals surface area contributed by atoms with Gasteiger partial charge in [-0.3, -0.25) is 4.79 Å². The second-order valence-corrected chi connectivity index (χ2v) is 3.23. The molecule has 0 aromatic rings. The van der Waals surface area contributed by atoms with Crippen LogP contribution in [0.4, 0.5) is 0 Å². The van der Waals surface area contributed by atoms with E-state index in [1.165, 1.54) is 0 Å². The highest BCUT2D eigenvalue weighted by Crippen LogP contribution is 2.07. The fraction of sp³-hybridized carbons (Fsp3) is 0.889. The maximum Gasteiger partial charge on any atom is 0.222 e. The topological polar surface area (TPSA) is 32.3 Å². The Labute approximate surface area is 74.1 Å². The molecule has 0 aromatic heterocycles. The van der Waals surface area contributed by atoms with Crippen LogP contribution in [0.15, 0.2) is 0 Å². The summed E-state index contributed by atoms with van der Waals surface area (Å²) in [6, 6.07) is 0. The van der Waals surface area contributed by atoms with Crippen LogP contribution in [0.2, 0.25) is 0 Å². The van der Waals surface area contributed by atoms with E-state index in [1.54, 1.807) is 0 Å². The number of likely N-dealkylation sites (tertiary alicyclic amines) is 1. The molecule has 0 unspecified atom stereocenters. The lowest BCUT2D eigenvalue weighted by molar-refractivity contribution is -0.127. The van der Waals surface area contributed by atoms with Crippen molar-refractivity contribution in [3.63, 3.8) is 0 Å². The van der Waals surface area contributed by atoms with E-state index in [0.29, 0.717) is 5.91 Å². The molecular formula is C9H18N2O. The molecule has 3 heteroatoms. The average Bonchev–Trinajstić information content (AvgIpc) is 2.46. The van der Waals surface area contributed by atoms with Crippen LogP contribution in [0.25, 0.3) is 0 Å². The zero-order valence-electron chi connectivity index (χ0n) is 7.81. The van der Waals surface area contributed by atoms with Crippen LogP contribution in [0.3, 0.4) is 0 Å². The molecule has 1 saturated heterocycles. The third-order valence-electron chi connectivity index (χ3n) is 2.16. The van der Waals surface area contributed by atoms with E-state index in [2.05, 4.69) is 12.2 Å². The van der Waals surface area contributed by atoms with E-state index in [4.69, 9.17) is 0 Å². The van der Waals surface area contributed by atoms with Crippen molar-refractivity contribution in [2.24, 2.45) is 0 Å². The van der Waals surface area contributed by atoms with Crippen molar-refractivity contribution in [3.05, 3.63) is 0 Å². The lowest BCUT2D eigenvalue weighted by Crippen LogP contribution is -2.33. The fourth-order valence-corrected chi connectivity index (χ4v) is 1.46. The largest absolute Gasteiger partial charge is 0.341 e. The van der Waals surface area contributed by atoms with Gasteiger partial charge in [-0.15, -0.1) is 0 Å². The first kappa shape index (κ1) is 9.52. The summed E-state index contributed by atoms with van der Waals surface area (Å²) in [6.07, 6.45) is 2.97. The fourth-order valence-electron chi connectivity index (χ4n) is 1.46. The number of rotatable bonds is 5. The molecule has 1 aliphatic heterocycles. The SMILES string of the molecule is CCCNCCN1CCCC1=O. The van der Waals surface area contributed by atoms with E-state index in [-0.39, 0.29) is 0 Å². The lowest BCUT2D eigenvalue weighted by atomic mass is 10.4. The lowest BCUT2D eigenvalue weighted by Gasteiger charge is -2.15. The van der Waals surface area contributed by atoms with Crippen LogP contribution in [-0.2, 0) is 4.79 Å². The molecule has 1 amide bonds. The minimum Gasteiger partial charge on any atom is -0.341 e. The number of amides is 1. The first-order valence-corrected chi connectivity index (χ1v) is 4.83. The van der Waals surface area contributed by atoms with E-state index in [1.807, 2.05) is 4.90 Å². The molecule has 0 bridgehead atoms. The summed E-state index contributed by atoms with van der Waals surface area (Å²) in [4.78, 5) is 13.1. The Kier molecular flexibility index (Phi) is 4.08. The second-order valence-electron chi connectivity index (χ2n) is 3.23. The summed E-state index contributed by atoms with van der Waals surface area (Å²) >= 11 is 0. The first-order valence-electron chi connectivity index (χ1n) is 4.83. The minimum absolute atomic E-state index is 0.327. The molecule has 12 heavy (non-hydrogen) atoms. The first-order chi connectivity index (χ1) is 5.84. The predicted octanol–water partition coefficient (Wildman–Crippen LogP) is 0.608. The predicted molar refractivity (Wildman–Crippen MR) is 49.0 cm³/mol. The van der Waals surface area contributed by atoms with Crippen LogP contribution < -0.4 is 5.32 Å². The zero-order chi connectivity index (χ0) is 8.81. The third-order valence-corrected chi connectivity index (χ3v) is 2.16. The van der Waals surface area contributed by atoms with Crippen molar-refractivity contribution >= 4 is 5.91 Å². The Bertz CT molecular complexity index is 147. The Morgan fingerprint density at radius 3 is 2.92 bits per heavy atom. The van der Waals surface area contributed by atoms with Gasteiger partial charge in [0.1, 0.15) is 0 Å². The Balaban J connectivity index is 2.02. The molecule has 0 atom stereocenters. The Hall–Kier alpha value is -0.570. The molecule has 0 aliphatic carbocycles. The van der Waals surface area contributed by atoms with Crippen molar-refractivity contribution < 1.29 is 4.79 Å². The summed E-state index contributed by atoms with van der Waals surface area (Å²) in [5.41, 5.74) is 0. The number of hydrogen-bond donors (Lipinski definition) is 1. The van der Waals surface area contributed by atoms with Crippen LogP contribution in [0.1, 0.15) is 26.2 Å². The summed E-state index contributed by atoms with van der Waals surface area (Å²) in [5, 5.41) is 3.29. The molecule has 3 nitrogen and oxygen atoms in total. The summed E-state index contributed by atoms with van der Waals surface area (Å²) in [5.74, 6) is 0.327. The van der Waals surface area contributed by atoms with Gasteiger partial charge in [0.15, 0.2) is 0 Å². The van der Waals surface area contributed by atoms with Gasteiger partial charge in [-0.1, -0.05) is 6.92 Å². The Morgan fingerprint density at radius 1 is 1.50 bits per heavy atom. The van der Waals surface area contributed by atoms with Crippen LogP contribution in [-0.4, -0.2) is 37.0 Å². The maximum atomic E-state index is 11.1. The number of nitrogens with one attached hydrogen (secondary N) is 1. The van der Waals surface area contributed by atoms with Crippen molar-refractivity contribution in [2.45, 2.75) is 26.2 Å². The number of carbonyl (C=O) groups excluding carboxylic acids is 1. The molecule has 0 radical (unpaired) electrons. The molecular weight excluding hydrogens is 152 g/mol. The van der Waals surface area contributed by atoms with Gasteiger partial charge in [0.05, 0.1) is 0 Å². The summed E-state index contributed by atoms with van der Waals surface area (Å²) in [7, 11) is 0. The normalized spacial score (nSPS) is 17.4. The standard InChI is InChI=1S/C9H18N2O/c1-2-5-10-6-8-11-7-3-4-9(11)12/h10H,2-8H2,1H3. The van der Waals surface area contributed by atoms with Gasteiger partial charge in [-0.2, -0.15) is 0 Å². The minimum atomic E-state index is 0.327. The van der Waals surface area contributed by atoms with E-state index in [0.717, 1.165) is 45.4 Å². The molecule has 1 N–H and O–H groups in total. The number of nitrogens with zero attached hydrogens (tertiary/aromatic N) is 1. The molecule has 0 aromatic carbocycles. The van der Waals surface area contributed by atoms with E-state index >= 15 is 0 Å². The summed E-state index contributed by atoms with van der Waals surface area (Å²) < 4.78 is 0. The highest BCUT2D eigenvalue weighted by molar-refractivity contribution is 5.78. The van der Waals surface area contributed by atoms with Crippen molar-refractivity contribution in [3.8, 4) is 0 Å². The smallest absolute Gasteiger partial charge is 0.222 e. The second kappa shape index (κ2) is 5.14. The monoisotopic (exact) mass is 170 g/mol.